The Bertz CT molecular complexity index is 617. The van der Waals surface area contributed by atoms with Crippen LogP contribution in [0.4, 0.5) is 10.5 Å². The third kappa shape index (κ3) is 8.36. The zero-order valence-electron chi connectivity index (χ0n) is 15.2. The summed E-state index contributed by atoms with van der Waals surface area (Å²) < 4.78 is 10.4. The molecule has 0 unspecified atom stereocenters. The molecule has 1 rings (SSSR count). The zero-order valence-corrected chi connectivity index (χ0v) is 16.8. The monoisotopic (exact) mass is 388 g/mol. The first-order valence-corrected chi connectivity index (χ1v) is 9.34. The lowest BCUT2D eigenvalue weighted by atomic mass is 10.2. The summed E-state index contributed by atoms with van der Waals surface area (Å²) in [6.45, 7) is 7.69. The minimum Gasteiger partial charge on any atom is -0.495 e. The number of nitrogens with one attached hydrogen (secondary N) is 2. The van der Waals surface area contributed by atoms with Crippen LogP contribution >= 0.6 is 23.4 Å². The number of halogens is 1. The number of amides is 2. The third-order valence-electron chi connectivity index (χ3n) is 2.90. The van der Waals surface area contributed by atoms with Gasteiger partial charge in [0.05, 0.1) is 18.6 Å². The Kier molecular flexibility index (Phi) is 8.38. The van der Waals surface area contributed by atoms with E-state index in [-0.39, 0.29) is 11.7 Å². The van der Waals surface area contributed by atoms with Crippen LogP contribution in [-0.4, -0.2) is 42.8 Å². The van der Waals surface area contributed by atoms with E-state index >= 15 is 0 Å². The molecule has 140 valence electrons. The Balaban J connectivity index is 2.34. The van der Waals surface area contributed by atoms with E-state index in [1.54, 1.807) is 32.9 Å². The molecule has 1 aromatic rings. The number of carbonyl (C=O) groups is 2. The molecule has 8 heteroatoms. The molecule has 0 aliphatic carbocycles. The lowest BCUT2D eigenvalue weighted by molar-refractivity contribution is -0.113. The number of rotatable bonds is 7. The molecule has 0 aromatic heterocycles. The van der Waals surface area contributed by atoms with Crippen LogP contribution in [0.2, 0.25) is 5.02 Å². The molecular formula is C17H25ClN2O4S. The number of aryl methyl sites for hydroxylation is 1. The number of hydrogen-bond donors (Lipinski definition) is 2. The Morgan fingerprint density at radius 3 is 2.56 bits per heavy atom. The van der Waals surface area contributed by atoms with E-state index in [4.69, 9.17) is 21.1 Å². The SMILES string of the molecule is COc1cc(Cl)c(C)cc1NC(=O)CSCCNC(=O)OC(C)(C)C. The molecule has 0 saturated heterocycles. The molecule has 0 saturated carbocycles. The zero-order chi connectivity index (χ0) is 19.0. The van der Waals surface area contributed by atoms with Gasteiger partial charge in [0.15, 0.2) is 0 Å². The normalized spacial score (nSPS) is 11.0. The smallest absolute Gasteiger partial charge is 0.407 e. The Morgan fingerprint density at radius 1 is 1.28 bits per heavy atom. The minimum absolute atomic E-state index is 0.151. The number of thioether (sulfide) groups is 1. The molecule has 1 aromatic carbocycles. The van der Waals surface area contributed by atoms with E-state index in [2.05, 4.69) is 10.6 Å². The summed E-state index contributed by atoms with van der Waals surface area (Å²) in [6, 6.07) is 3.44. The summed E-state index contributed by atoms with van der Waals surface area (Å²) in [5.41, 5.74) is 0.918. The number of ether oxygens (including phenoxy) is 2. The molecule has 0 heterocycles. The van der Waals surface area contributed by atoms with E-state index in [0.717, 1.165) is 5.56 Å². The maximum atomic E-state index is 12.0. The predicted octanol–water partition coefficient (Wildman–Crippen LogP) is 3.85. The summed E-state index contributed by atoms with van der Waals surface area (Å²) in [5.74, 6) is 1.23. The molecule has 0 fully saturated rings. The number of carbonyl (C=O) groups excluding carboxylic acids is 2. The fraction of sp³-hybridized carbons (Fsp3) is 0.529. The highest BCUT2D eigenvalue weighted by Crippen LogP contribution is 2.30. The summed E-state index contributed by atoms with van der Waals surface area (Å²) in [6.07, 6.45) is -0.459. The molecule has 2 amide bonds. The van der Waals surface area contributed by atoms with Crippen LogP contribution in [0.25, 0.3) is 0 Å². The highest BCUT2D eigenvalue weighted by atomic mass is 35.5. The summed E-state index contributed by atoms with van der Waals surface area (Å²) in [7, 11) is 1.52. The molecule has 0 aliphatic heterocycles. The molecule has 25 heavy (non-hydrogen) atoms. The Hall–Kier alpha value is -1.60. The highest BCUT2D eigenvalue weighted by molar-refractivity contribution is 7.99. The summed E-state index contributed by atoms with van der Waals surface area (Å²) in [5, 5.41) is 6.03. The van der Waals surface area contributed by atoms with E-state index in [0.29, 0.717) is 28.8 Å². The van der Waals surface area contributed by atoms with Crippen molar-refractivity contribution in [3.8, 4) is 5.75 Å². The topological polar surface area (TPSA) is 76.7 Å². The number of hydrogen-bond acceptors (Lipinski definition) is 5. The standard InChI is InChI=1S/C17H25ClN2O4S/c1-11-8-13(14(23-5)9-12(11)18)20-15(21)10-25-7-6-19-16(22)24-17(2,3)4/h8-9H,6-7,10H2,1-5H3,(H,19,22)(H,20,21). The van der Waals surface area contributed by atoms with Gasteiger partial charge >= 0.3 is 6.09 Å². The van der Waals surface area contributed by atoms with Gasteiger partial charge in [0.2, 0.25) is 5.91 Å². The van der Waals surface area contributed by atoms with Crippen molar-refractivity contribution in [1.82, 2.24) is 5.32 Å². The van der Waals surface area contributed by atoms with Gasteiger partial charge in [-0.3, -0.25) is 4.79 Å². The first kappa shape index (κ1) is 21.4. The molecular weight excluding hydrogens is 364 g/mol. The number of anilines is 1. The van der Waals surface area contributed by atoms with Crippen molar-refractivity contribution < 1.29 is 19.1 Å². The second-order valence-electron chi connectivity index (χ2n) is 6.33. The fourth-order valence-electron chi connectivity index (χ4n) is 1.82. The summed E-state index contributed by atoms with van der Waals surface area (Å²) in [4.78, 5) is 23.5. The van der Waals surface area contributed by atoms with Crippen molar-refractivity contribution in [2.24, 2.45) is 0 Å². The maximum Gasteiger partial charge on any atom is 0.407 e. The average Bonchev–Trinajstić information content (AvgIpc) is 2.48. The van der Waals surface area contributed by atoms with Gasteiger partial charge in [0.1, 0.15) is 11.4 Å². The van der Waals surface area contributed by atoms with Gasteiger partial charge in [0, 0.05) is 23.4 Å². The molecule has 0 bridgehead atoms. The highest BCUT2D eigenvalue weighted by Gasteiger charge is 2.15. The van der Waals surface area contributed by atoms with Crippen molar-refractivity contribution in [1.29, 1.82) is 0 Å². The number of methoxy groups -OCH3 is 1. The van der Waals surface area contributed by atoms with Gasteiger partial charge in [-0.15, -0.1) is 0 Å². The fourth-order valence-corrected chi connectivity index (χ4v) is 2.62. The van der Waals surface area contributed by atoms with Crippen LogP contribution in [0.5, 0.6) is 5.75 Å². The van der Waals surface area contributed by atoms with Crippen molar-refractivity contribution in [2.75, 3.05) is 30.5 Å². The van der Waals surface area contributed by atoms with E-state index < -0.39 is 11.7 Å². The average molecular weight is 389 g/mol. The van der Waals surface area contributed by atoms with Crippen LogP contribution in [0, 0.1) is 6.92 Å². The van der Waals surface area contributed by atoms with Crippen LogP contribution < -0.4 is 15.4 Å². The van der Waals surface area contributed by atoms with Crippen LogP contribution in [0.3, 0.4) is 0 Å². The van der Waals surface area contributed by atoms with Crippen molar-refractivity contribution in [2.45, 2.75) is 33.3 Å². The van der Waals surface area contributed by atoms with Crippen LogP contribution in [0.15, 0.2) is 12.1 Å². The minimum atomic E-state index is -0.521. The quantitative estimate of drug-likeness (QED) is 0.693. The molecule has 0 radical (unpaired) electrons. The number of alkyl carbamates (subject to hydrolysis) is 1. The maximum absolute atomic E-state index is 12.0. The Morgan fingerprint density at radius 2 is 1.96 bits per heavy atom. The lowest BCUT2D eigenvalue weighted by Crippen LogP contribution is -2.33. The molecule has 0 atom stereocenters. The first-order chi connectivity index (χ1) is 11.6. The van der Waals surface area contributed by atoms with Crippen molar-refractivity contribution in [3.05, 3.63) is 22.7 Å². The second kappa shape index (κ2) is 9.77. The molecule has 2 N–H and O–H groups in total. The van der Waals surface area contributed by atoms with E-state index in [1.807, 2.05) is 6.92 Å². The first-order valence-electron chi connectivity index (χ1n) is 7.81. The lowest BCUT2D eigenvalue weighted by Gasteiger charge is -2.19. The number of benzene rings is 1. The predicted molar refractivity (Wildman–Crippen MR) is 103 cm³/mol. The van der Waals surface area contributed by atoms with Gasteiger partial charge in [-0.05, 0) is 39.3 Å². The third-order valence-corrected chi connectivity index (χ3v) is 4.27. The molecule has 0 spiro atoms. The van der Waals surface area contributed by atoms with Gasteiger partial charge < -0.3 is 20.1 Å². The van der Waals surface area contributed by atoms with Gasteiger partial charge in [-0.2, -0.15) is 11.8 Å². The van der Waals surface area contributed by atoms with Gasteiger partial charge in [0.25, 0.3) is 0 Å². The Labute approximate surface area is 158 Å². The summed E-state index contributed by atoms with van der Waals surface area (Å²) >= 11 is 7.46. The molecule has 0 aliphatic rings. The van der Waals surface area contributed by atoms with E-state index in [9.17, 15) is 9.59 Å². The van der Waals surface area contributed by atoms with E-state index in [1.165, 1.54) is 18.9 Å². The van der Waals surface area contributed by atoms with Crippen LogP contribution in [-0.2, 0) is 9.53 Å². The molecule has 6 nitrogen and oxygen atoms in total. The van der Waals surface area contributed by atoms with Crippen molar-refractivity contribution >= 4 is 41.1 Å². The van der Waals surface area contributed by atoms with Gasteiger partial charge in [-0.25, -0.2) is 4.79 Å². The second-order valence-corrected chi connectivity index (χ2v) is 7.84. The largest absolute Gasteiger partial charge is 0.495 e. The van der Waals surface area contributed by atoms with Crippen LogP contribution in [0.1, 0.15) is 26.3 Å². The van der Waals surface area contributed by atoms with Crippen molar-refractivity contribution in [3.63, 3.8) is 0 Å². The van der Waals surface area contributed by atoms with Gasteiger partial charge in [-0.1, -0.05) is 11.6 Å².